The number of carbonyl (C=O) groups is 2. The van der Waals surface area contributed by atoms with Crippen molar-refractivity contribution in [2.24, 2.45) is 0 Å². The van der Waals surface area contributed by atoms with Crippen LogP contribution in [0.2, 0.25) is 0 Å². The van der Waals surface area contributed by atoms with Crippen molar-refractivity contribution >= 4 is 18.0 Å². The first-order valence-electron chi connectivity index (χ1n) is 5.27. The minimum atomic E-state index is -0.457. The van der Waals surface area contributed by atoms with Crippen LogP contribution in [0.25, 0.3) is 6.08 Å². The third-order valence-corrected chi connectivity index (χ3v) is 1.80. The highest BCUT2D eigenvalue weighted by Gasteiger charge is 2.09. The molecule has 0 aliphatic rings. The van der Waals surface area contributed by atoms with Gasteiger partial charge < -0.3 is 13.9 Å². The molecule has 17 heavy (non-hydrogen) atoms. The van der Waals surface area contributed by atoms with E-state index < -0.39 is 11.9 Å². The van der Waals surface area contributed by atoms with E-state index in [1.807, 2.05) is 0 Å². The van der Waals surface area contributed by atoms with Crippen LogP contribution in [0.15, 0.2) is 22.8 Å². The number of ether oxygens (including phenoxy) is 2. The Labute approximate surface area is 99.0 Å². The van der Waals surface area contributed by atoms with Gasteiger partial charge in [-0.15, -0.1) is 0 Å². The van der Waals surface area contributed by atoms with Gasteiger partial charge in [0.15, 0.2) is 0 Å². The standard InChI is InChI=1S/C12H14O5/c1-3-15-11(13)6-5-10-7-9(8-17-10)12(14)16-4-2/h5-8H,3-4H2,1-2H3/b6-5+. The zero-order valence-electron chi connectivity index (χ0n) is 9.76. The fraction of sp³-hybridized carbons (Fsp3) is 0.333. The lowest BCUT2D eigenvalue weighted by atomic mass is 10.3. The van der Waals surface area contributed by atoms with Gasteiger partial charge >= 0.3 is 11.9 Å². The van der Waals surface area contributed by atoms with Crippen molar-refractivity contribution in [3.63, 3.8) is 0 Å². The summed E-state index contributed by atoms with van der Waals surface area (Å²) in [4.78, 5) is 22.3. The number of carbonyl (C=O) groups excluding carboxylic acids is 2. The average Bonchev–Trinajstić information content (AvgIpc) is 2.76. The summed E-state index contributed by atoms with van der Waals surface area (Å²) in [5, 5.41) is 0. The molecular weight excluding hydrogens is 224 g/mol. The average molecular weight is 238 g/mol. The lowest BCUT2D eigenvalue weighted by Gasteiger charge is -1.95. The zero-order chi connectivity index (χ0) is 12.7. The van der Waals surface area contributed by atoms with Crippen molar-refractivity contribution in [1.82, 2.24) is 0 Å². The summed E-state index contributed by atoms with van der Waals surface area (Å²) in [5.74, 6) is -0.519. The van der Waals surface area contributed by atoms with Crippen LogP contribution in [-0.4, -0.2) is 25.2 Å². The minimum absolute atomic E-state index is 0.304. The van der Waals surface area contributed by atoms with Crippen molar-refractivity contribution in [3.8, 4) is 0 Å². The summed E-state index contributed by atoms with van der Waals surface area (Å²) < 4.78 is 14.6. The second-order valence-corrected chi connectivity index (χ2v) is 3.04. The molecule has 0 aliphatic carbocycles. The Hall–Kier alpha value is -2.04. The monoisotopic (exact) mass is 238 g/mol. The van der Waals surface area contributed by atoms with Gasteiger partial charge in [0.1, 0.15) is 12.0 Å². The van der Waals surface area contributed by atoms with Crippen LogP contribution in [0.4, 0.5) is 0 Å². The highest BCUT2D eigenvalue weighted by molar-refractivity contribution is 5.90. The first kappa shape index (κ1) is 13.0. The SMILES string of the molecule is CCOC(=O)/C=C/c1cc(C(=O)OCC)co1. The van der Waals surface area contributed by atoms with E-state index in [1.165, 1.54) is 24.5 Å². The molecule has 0 bridgehead atoms. The van der Waals surface area contributed by atoms with Crippen LogP contribution < -0.4 is 0 Å². The Bertz CT molecular complexity index is 416. The minimum Gasteiger partial charge on any atom is -0.464 e. The Kier molecular flexibility index (Phi) is 5.00. The Morgan fingerprint density at radius 1 is 1.29 bits per heavy atom. The van der Waals surface area contributed by atoms with Gasteiger partial charge in [0, 0.05) is 6.08 Å². The summed E-state index contributed by atoms with van der Waals surface area (Å²) in [6.07, 6.45) is 3.95. The molecule has 0 unspecified atom stereocenters. The summed E-state index contributed by atoms with van der Waals surface area (Å²) in [5.41, 5.74) is 0.315. The molecule has 1 heterocycles. The smallest absolute Gasteiger partial charge is 0.341 e. The quantitative estimate of drug-likeness (QED) is 0.580. The molecule has 92 valence electrons. The van der Waals surface area contributed by atoms with Crippen LogP contribution in [0.1, 0.15) is 30.0 Å². The molecule has 0 atom stereocenters. The number of hydrogen-bond donors (Lipinski definition) is 0. The predicted octanol–water partition coefficient (Wildman–Crippen LogP) is 2.03. The molecular formula is C12H14O5. The number of furan rings is 1. The van der Waals surface area contributed by atoms with Crippen LogP contribution in [0.3, 0.4) is 0 Å². The maximum atomic E-state index is 11.3. The normalized spacial score (nSPS) is 10.5. The third-order valence-electron chi connectivity index (χ3n) is 1.80. The Morgan fingerprint density at radius 2 is 2.00 bits per heavy atom. The molecule has 1 rings (SSSR count). The molecule has 5 nitrogen and oxygen atoms in total. The Morgan fingerprint density at radius 3 is 2.65 bits per heavy atom. The fourth-order valence-corrected chi connectivity index (χ4v) is 1.10. The molecule has 0 saturated carbocycles. The summed E-state index contributed by atoms with van der Waals surface area (Å²) in [7, 11) is 0. The van der Waals surface area contributed by atoms with E-state index in [4.69, 9.17) is 13.9 Å². The summed E-state index contributed by atoms with van der Waals surface area (Å²) >= 11 is 0. The number of rotatable bonds is 5. The van der Waals surface area contributed by atoms with Crippen LogP contribution in [0.5, 0.6) is 0 Å². The Balaban J connectivity index is 2.62. The molecule has 1 aromatic rings. The molecule has 0 aromatic carbocycles. The molecule has 5 heteroatoms. The topological polar surface area (TPSA) is 65.7 Å². The van der Waals surface area contributed by atoms with Gasteiger partial charge in [-0.1, -0.05) is 0 Å². The van der Waals surface area contributed by atoms with Crippen molar-refractivity contribution in [1.29, 1.82) is 0 Å². The number of hydrogen-bond acceptors (Lipinski definition) is 5. The molecule has 0 aliphatic heterocycles. The van der Waals surface area contributed by atoms with E-state index in [1.54, 1.807) is 13.8 Å². The van der Waals surface area contributed by atoms with E-state index >= 15 is 0 Å². The highest BCUT2D eigenvalue weighted by atomic mass is 16.5. The zero-order valence-corrected chi connectivity index (χ0v) is 9.76. The molecule has 0 fully saturated rings. The first-order chi connectivity index (χ1) is 8.17. The van der Waals surface area contributed by atoms with Crippen molar-refractivity contribution in [2.45, 2.75) is 13.8 Å². The van der Waals surface area contributed by atoms with E-state index in [-0.39, 0.29) is 0 Å². The van der Waals surface area contributed by atoms with Crippen LogP contribution in [0, 0.1) is 0 Å². The molecule has 1 aromatic heterocycles. The lowest BCUT2D eigenvalue weighted by molar-refractivity contribution is -0.137. The van der Waals surface area contributed by atoms with Gasteiger partial charge in [0.25, 0.3) is 0 Å². The van der Waals surface area contributed by atoms with Crippen LogP contribution in [-0.2, 0) is 14.3 Å². The molecule has 0 N–H and O–H groups in total. The van der Waals surface area contributed by atoms with Gasteiger partial charge in [-0.3, -0.25) is 0 Å². The fourth-order valence-electron chi connectivity index (χ4n) is 1.10. The second-order valence-electron chi connectivity index (χ2n) is 3.04. The number of esters is 2. The first-order valence-corrected chi connectivity index (χ1v) is 5.27. The van der Waals surface area contributed by atoms with Gasteiger partial charge in [0.05, 0.1) is 18.8 Å². The second kappa shape index (κ2) is 6.52. The molecule has 0 spiro atoms. The third kappa shape index (κ3) is 4.14. The van der Waals surface area contributed by atoms with Crippen molar-refractivity contribution < 1.29 is 23.5 Å². The van der Waals surface area contributed by atoms with Gasteiger partial charge in [0.2, 0.25) is 0 Å². The summed E-state index contributed by atoms with van der Waals surface area (Å²) in [6, 6.07) is 1.49. The van der Waals surface area contributed by atoms with E-state index in [9.17, 15) is 9.59 Å². The largest absolute Gasteiger partial charge is 0.464 e. The molecule has 0 amide bonds. The maximum Gasteiger partial charge on any atom is 0.341 e. The van der Waals surface area contributed by atoms with Crippen molar-refractivity contribution in [2.75, 3.05) is 13.2 Å². The van der Waals surface area contributed by atoms with E-state index in [0.29, 0.717) is 24.5 Å². The van der Waals surface area contributed by atoms with Gasteiger partial charge in [-0.2, -0.15) is 0 Å². The lowest BCUT2D eigenvalue weighted by Crippen LogP contribution is -2.02. The van der Waals surface area contributed by atoms with E-state index in [2.05, 4.69) is 0 Å². The van der Waals surface area contributed by atoms with E-state index in [0.717, 1.165) is 0 Å². The molecule has 0 saturated heterocycles. The predicted molar refractivity (Wildman–Crippen MR) is 60.3 cm³/mol. The van der Waals surface area contributed by atoms with Crippen LogP contribution >= 0.6 is 0 Å². The van der Waals surface area contributed by atoms with Gasteiger partial charge in [-0.05, 0) is 26.0 Å². The molecule has 0 radical (unpaired) electrons. The highest BCUT2D eigenvalue weighted by Crippen LogP contribution is 2.10. The van der Waals surface area contributed by atoms with Gasteiger partial charge in [-0.25, -0.2) is 9.59 Å². The maximum absolute atomic E-state index is 11.3. The summed E-state index contributed by atoms with van der Waals surface area (Å²) in [6.45, 7) is 4.06. The van der Waals surface area contributed by atoms with Crippen molar-refractivity contribution in [3.05, 3.63) is 29.7 Å².